The number of rotatable bonds is 8. The molecule has 1 atom stereocenters. The Morgan fingerprint density at radius 2 is 1.73 bits per heavy atom. The molecule has 30 heavy (non-hydrogen) atoms. The molecule has 2 N–H and O–H groups in total. The lowest BCUT2D eigenvalue weighted by molar-refractivity contribution is -0.138. The lowest BCUT2D eigenvalue weighted by atomic mass is 9.95. The maximum Gasteiger partial charge on any atom is 0.303 e. The van der Waals surface area contributed by atoms with Gasteiger partial charge in [-0.2, -0.15) is 0 Å². The summed E-state index contributed by atoms with van der Waals surface area (Å²) in [5, 5.41) is 19.3. The molecule has 154 valence electrons. The molecule has 7 heteroatoms. The van der Waals surface area contributed by atoms with Crippen LogP contribution in [0.15, 0.2) is 72.0 Å². The van der Waals surface area contributed by atoms with Crippen LogP contribution in [0.25, 0.3) is 6.08 Å². The van der Waals surface area contributed by atoms with Gasteiger partial charge in [-0.15, -0.1) is 0 Å². The number of hydrogen-bond donors (Lipinski definition) is 2. The molecule has 0 unspecified atom stereocenters. The molecule has 0 bridgehead atoms. The SMILES string of the molecule is O=C(O)CCCN1C(=O)C(O)=C(C(=O)/C=C/c2ccccc2)[C@@H]1c1ccc(F)cc1. The molecule has 0 fully saturated rings. The minimum Gasteiger partial charge on any atom is -0.503 e. The number of hydrogen-bond acceptors (Lipinski definition) is 4. The van der Waals surface area contributed by atoms with Crippen molar-refractivity contribution in [3.63, 3.8) is 0 Å². The first-order valence-electron chi connectivity index (χ1n) is 9.37. The molecule has 1 aliphatic heterocycles. The number of halogens is 1. The zero-order chi connectivity index (χ0) is 21.7. The summed E-state index contributed by atoms with van der Waals surface area (Å²) in [6, 6.07) is 13.4. The van der Waals surface area contributed by atoms with Crippen molar-refractivity contribution in [1.29, 1.82) is 0 Å². The van der Waals surface area contributed by atoms with E-state index in [2.05, 4.69) is 0 Å². The van der Waals surface area contributed by atoms with Crippen LogP contribution in [-0.2, 0) is 14.4 Å². The fourth-order valence-electron chi connectivity index (χ4n) is 3.35. The van der Waals surface area contributed by atoms with Crippen LogP contribution in [0, 0.1) is 5.82 Å². The average Bonchev–Trinajstić information content (AvgIpc) is 2.98. The van der Waals surface area contributed by atoms with Crippen molar-refractivity contribution in [2.24, 2.45) is 0 Å². The van der Waals surface area contributed by atoms with Gasteiger partial charge in [0.2, 0.25) is 0 Å². The molecule has 1 heterocycles. The Morgan fingerprint density at radius 1 is 1.07 bits per heavy atom. The molecule has 3 rings (SSSR count). The number of ketones is 1. The molecular weight excluding hydrogens is 389 g/mol. The summed E-state index contributed by atoms with van der Waals surface area (Å²) in [6.07, 6.45) is 2.82. The van der Waals surface area contributed by atoms with Gasteiger partial charge in [0.15, 0.2) is 11.5 Å². The number of carboxylic acids is 1. The Bertz CT molecular complexity index is 1010. The van der Waals surface area contributed by atoms with Gasteiger partial charge < -0.3 is 15.1 Å². The minimum atomic E-state index is -1.01. The Labute approximate surface area is 172 Å². The molecular formula is C23H20FNO5. The first kappa shape index (κ1) is 21.0. The molecule has 2 aromatic carbocycles. The van der Waals surface area contributed by atoms with Crippen molar-refractivity contribution in [3.8, 4) is 0 Å². The van der Waals surface area contributed by atoms with Crippen LogP contribution in [0.5, 0.6) is 0 Å². The van der Waals surface area contributed by atoms with E-state index in [0.717, 1.165) is 5.56 Å². The number of carboxylic acid groups (broad SMARTS) is 1. The van der Waals surface area contributed by atoms with E-state index in [1.165, 1.54) is 35.2 Å². The first-order valence-corrected chi connectivity index (χ1v) is 9.37. The number of nitrogens with zero attached hydrogens (tertiary/aromatic N) is 1. The second kappa shape index (κ2) is 9.17. The molecule has 0 aliphatic carbocycles. The number of aliphatic hydroxyl groups excluding tert-OH is 1. The minimum absolute atomic E-state index is 0.0242. The monoisotopic (exact) mass is 409 g/mol. The molecule has 2 aromatic rings. The highest BCUT2D eigenvalue weighted by molar-refractivity contribution is 6.14. The van der Waals surface area contributed by atoms with E-state index < -0.39 is 35.3 Å². The third kappa shape index (κ3) is 4.63. The summed E-state index contributed by atoms with van der Waals surface area (Å²) in [7, 11) is 0. The molecule has 0 saturated heterocycles. The maximum absolute atomic E-state index is 13.4. The lowest BCUT2D eigenvalue weighted by Gasteiger charge is -2.26. The van der Waals surface area contributed by atoms with E-state index in [1.807, 2.05) is 18.2 Å². The zero-order valence-electron chi connectivity index (χ0n) is 16.0. The average molecular weight is 409 g/mol. The van der Waals surface area contributed by atoms with Gasteiger partial charge in [0.05, 0.1) is 11.6 Å². The van der Waals surface area contributed by atoms with Crippen molar-refractivity contribution in [2.45, 2.75) is 18.9 Å². The van der Waals surface area contributed by atoms with Crippen LogP contribution >= 0.6 is 0 Å². The van der Waals surface area contributed by atoms with Crippen LogP contribution in [0.4, 0.5) is 4.39 Å². The van der Waals surface area contributed by atoms with E-state index in [1.54, 1.807) is 18.2 Å². The van der Waals surface area contributed by atoms with Gasteiger partial charge in [-0.1, -0.05) is 48.5 Å². The van der Waals surface area contributed by atoms with E-state index in [9.17, 15) is 23.9 Å². The van der Waals surface area contributed by atoms with Crippen molar-refractivity contribution >= 4 is 23.7 Å². The lowest BCUT2D eigenvalue weighted by Crippen LogP contribution is -2.32. The summed E-state index contributed by atoms with van der Waals surface area (Å²) in [4.78, 5) is 37.6. The van der Waals surface area contributed by atoms with Gasteiger partial charge in [0.1, 0.15) is 5.82 Å². The van der Waals surface area contributed by atoms with Gasteiger partial charge in [-0.05, 0) is 35.8 Å². The molecule has 0 aromatic heterocycles. The predicted molar refractivity (Wildman–Crippen MR) is 108 cm³/mol. The summed E-state index contributed by atoms with van der Waals surface area (Å²) in [5.74, 6) is -3.49. The van der Waals surface area contributed by atoms with E-state index in [0.29, 0.717) is 5.56 Å². The van der Waals surface area contributed by atoms with Crippen molar-refractivity contribution in [1.82, 2.24) is 4.90 Å². The highest BCUT2D eigenvalue weighted by Crippen LogP contribution is 2.38. The van der Waals surface area contributed by atoms with Crippen LogP contribution < -0.4 is 0 Å². The van der Waals surface area contributed by atoms with Crippen LogP contribution in [0.1, 0.15) is 30.0 Å². The van der Waals surface area contributed by atoms with Crippen molar-refractivity contribution < 1.29 is 29.0 Å². The van der Waals surface area contributed by atoms with Gasteiger partial charge in [-0.3, -0.25) is 14.4 Å². The van der Waals surface area contributed by atoms with E-state index in [4.69, 9.17) is 5.11 Å². The number of carbonyl (C=O) groups excluding carboxylic acids is 2. The van der Waals surface area contributed by atoms with Crippen molar-refractivity contribution in [3.05, 3.63) is 88.9 Å². The number of benzene rings is 2. The predicted octanol–water partition coefficient (Wildman–Crippen LogP) is 3.67. The van der Waals surface area contributed by atoms with Gasteiger partial charge in [0.25, 0.3) is 5.91 Å². The number of carbonyl (C=O) groups is 3. The Balaban J connectivity index is 1.94. The smallest absolute Gasteiger partial charge is 0.303 e. The molecule has 0 radical (unpaired) electrons. The quantitative estimate of drug-likeness (QED) is 0.649. The van der Waals surface area contributed by atoms with Crippen molar-refractivity contribution in [2.75, 3.05) is 6.54 Å². The summed E-state index contributed by atoms with van der Waals surface area (Å²) < 4.78 is 13.4. The van der Waals surface area contributed by atoms with Gasteiger partial charge in [0, 0.05) is 13.0 Å². The molecule has 0 spiro atoms. The van der Waals surface area contributed by atoms with E-state index in [-0.39, 0.29) is 25.0 Å². The molecule has 0 saturated carbocycles. The summed E-state index contributed by atoms with van der Waals surface area (Å²) in [5.41, 5.74) is 1.10. The van der Waals surface area contributed by atoms with Crippen LogP contribution in [0.3, 0.4) is 0 Å². The second-order valence-corrected chi connectivity index (χ2v) is 6.82. The highest BCUT2D eigenvalue weighted by Gasteiger charge is 2.42. The Kier molecular flexibility index (Phi) is 6.41. The normalized spacial score (nSPS) is 16.5. The second-order valence-electron chi connectivity index (χ2n) is 6.82. The summed E-state index contributed by atoms with van der Waals surface area (Å²) in [6.45, 7) is 0.0242. The molecule has 6 nitrogen and oxygen atoms in total. The number of aliphatic hydroxyl groups is 1. The van der Waals surface area contributed by atoms with E-state index >= 15 is 0 Å². The largest absolute Gasteiger partial charge is 0.503 e. The summed E-state index contributed by atoms with van der Waals surface area (Å²) >= 11 is 0. The standard InChI is InChI=1S/C23H20FNO5/c24-17-11-9-16(10-12-17)21-20(18(26)13-8-15-5-2-1-3-6-15)22(29)23(30)25(21)14-4-7-19(27)28/h1-3,5-6,8-13,21,29H,4,7,14H2,(H,27,28)/b13-8+/t21-/m0/s1. The van der Waals surface area contributed by atoms with Crippen LogP contribution in [0.2, 0.25) is 0 Å². The fraction of sp³-hybridized carbons (Fsp3) is 0.174. The number of allylic oxidation sites excluding steroid dienone is 1. The highest BCUT2D eigenvalue weighted by atomic mass is 19.1. The fourth-order valence-corrected chi connectivity index (χ4v) is 3.35. The third-order valence-corrected chi connectivity index (χ3v) is 4.77. The van der Waals surface area contributed by atoms with Gasteiger partial charge >= 0.3 is 5.97 Å². The van der Waals surface area contributed by atoms with Gasteiger partial charge in [-0.25, -0.2) is 4.39 Å². The molecule has 1 aliphatic rings. The Hall–Kier alpha value is -3.74. The topological polar surface area (TPSA) is 94.9 Å². The first-order chi connectivity index (χ1) is 14.4. The Morgan fingerprint density at radius 3 is 2.37 bits per heavy atom. The number of aliphatic carboxylic acids is 1. The zero-order valence-corrected chi connectivity index (χ0v) is 16.0. The number of amides is 1. The third-order valence-electron chi connectivity index (χ3n) is 4.77. The van der Waals surface area contributed by atoms with Crippen LogP contribution in [-0.4, -0.2) is 39.3 Å². The maximum atomic E-state index is 13.4. The molecule has 1 amide bonds.